The first-order valence-electron chi connectivity index (χ1n) is 8.78. The summed E-state index contributed by atoms with van der Waals surface area (Å²) in [6.45, 7) is 0. The van der Waals surface area contributed by atoms with Gasteiger partial charge in [0.1, 0.15) is 5.82 Å². The van der Waals surface area contributed by atoms with Crippen LogP contribution in [0.3, 0.4) is 0 Å². The summed E-state index contributed by atoms with van der Waals surface area (Å²) < 4.78 is 67.7. The van der Waals surface area contributed by atoms with Gasteiger partial charge < -0.3 is 10.1 Å². The number of halogens is 1. The van der Waals surface area contributed by atoms with Gasteiger partial charge in [0.05, 0.1) is 45.6 Å². The average Bonchev–Trinajstić information content (AvgIpc) is 3.08. The number of methoxy groups -OCH3 is 1. The summed E-state index contributed by atoms with van der Waals surface area (Å²) in [7, 11) is -6.37. The zero-order chi connectivity index (χ0) is 22.1. The van der Waals surface area contributed by atoms with Crippen LogP contribution < -0.4 is 5.32 Å². The van der Waals surface area contributed by atoms with Crippen LogP contribution in [0.4, 0.5) is 10.1 Å². The van der Waals surface area contributed by atoms with E-state index in [1.807, 2.05) is 0 Å². The second-order valence-corrected chi connectivity index (χ2v) is 11.2. The Bertz CT molecular complexity index is 1220. The first-order valence-corrected chi connectivity index (χ1v) is 12.1. The van der Waals surface area contributed by atoms with Crippen molar-refractivity contribution in [3.05, 3.63) is 59.4 Å². The second kappa shape index (κ2) is 8.15. The van der Waals surface area contributed by atoms with Gasteiger partial charge in [0.2, 0.25) is 0 Å². The van der Waals surface area contributed by atoms with Crippen molar-refractivity contribution >= 4 is 37.2 Å². The predicted molar refractivity (Wildman–Crippen MR) is 106 cm³/mol. The zero-order valence-corrected chi connectivity index (χ0v) is 17.4. The summed E-state index contributed by atoms with van der Waals surface area (Å²) in [4.78, 5) is 24.1. The number of sulfone groups is 2. The van der Waals surface area contributed by atoms with Gasteiger partial charge in [-0.25, -0.2) is 26.0 Å². The van der Waals surface area contributed by atoms with Crippen molar-refractivity contribution in [3.63, 3.8) is 0 Å². The zero-order valence-electron chi connectivity index (χ0n) is 15.8. The van der Waals surface area contributed by atoms with E-state index in [0.717, 1.165) is 25.3 Å². The fourth-order valence-corrected chi connectivity index (χ4v) is 7.51. The van der Waals surface area contributed by atoms with Gasteiger partial charge in [-0.1, -0.05) is 12.1 Å². The molecular formula is C19H18FNO7S2. The van der Waals surface area contributed by atoms with Crippen molar-refractivity contribution < 1.29 is 35.6 Å². The van der Waals surface area contributed by atoms with E-state index in [9.17, 15) is 30.8 Å². The third-order valence-electron chi connectivity index (χ3n) is 4.72. The molecule has 1 amide bonds. The molecule has 2 aromatic rings. The number of hydrogen-bond donors (Lipinski definition) is 1. The van der Waals surface area contributed by atoms with Gasteiger partial charge in [0.15, 0.2) is 19.7 Å². The molecule has 1 saturated heterocycles. The van der Waals surface area contributed by atoms with Crippen LogP contribution >= 0.6 is 0 Å². The van der Waals surface area contributed by atoms with Gasteiger partial charge in [-0.15, -0.1) is 0 Å². The molecule has 0 aromatic heterocycles. The van der Waals surface area contributed by atoms with Crippen molar-refractivity contribution in [2.75, 3.05) is 23.9 Å². The minimum atomic E-state index is -4.08. The van der Waals surface area contributed by atoms with E-state index >= 15 is 0 Å². The van der Waals surface area contributed by atoms with E-state index in [1.165, 1.54) is 12.1 Å². The van der Waals surface area contributed by atoms with Gasteiger partial charge in [0, 0.05) is 0 Å². The van der Waals surface area contributed by atoms with Crippen molar-refractivity contribution in [2.45, 2.75) is 16.6 Å². The third-order valence-corrected chi connectivity index (χ3v) is 8.89. The van der Waals surface area contributed by atoms with Crippen LogP contribution in [0.2, 0.25) is 0 Å². The molecule has 1 N–H and O–H groups in total. The van der Waals surface area contributed by atoms with Gasteiger partial charge in [-0.2, -0.15) is 0 Å². The molecule has 1 fully saturated rings. The molecule has 0 bridgehead atoms. The minimum absolute atomic E-state index is 0.0358. The number of ether oxygens (including phenoxy) is 1. The number of esters is 1. The molecule has 1 aliphatic heterocycles. The SMILES string of the molecule is COC(=O)c1ccccc1NC(=O)c1cc(S(=O)(=O)C2CCS(=O)(=O)C2)ccc1F. The molecule has 0 saturated carbocycles. The molecule has 3 rings (SSSR count). The van der Waals surface area contributed by atoms with E-state index in [1.54, 1.807) is 12.1 Å². The fourth-order valence-electron chi connectivity index (χ4n) is 3.12. The lowest BCUT2D eigenvalue weighted by Gasteiger charge is -2.13. The number of benzene rings is 2. The highest BCUT2D eigenvalue weighted by atomic mass is 32.2. The minimum Gasteiger partial charge on any atom is -0.465 e. The maximum Gasteiger partial charge on any atom is 0.339 e. The molecule has 2 aromatic carbocycles. The highest BCUT2D eigenvalue weighted by molar-refractivity contribution is 7.96. The molecule has 11 heteroatoms. The first-order chi connectivity index (χ1) is 14.0. The van der Waals surface area contributed by atoms with Crippen molar-refractivity contribution in [2.24, 2.45) is 0 Å². The lowest BCUT2D eigenvalue weighted by molar-refractivity contribution is 0.0602. The molecule has 0 spiro atoms. The molecule has 0 aliphatic carbocycles. The Morgan fingerprint density at radius 3 is 2.47 bits per heavy atom. The highest BCUT2D eigenvalue weighted by Crippen LogP contribution is 2.27. The van der Waals surface area contributed by atoms with E-state index in [0.29, 0.717) is 0 Å². The van der Waals surface area contributed by atoms with Gasteiger partial charge in [-0.05, 0) is 36.8 Å². The van der Waals surface area contributed by atoms with Crippen LogP contribution in [-0.4, -0.2) is 52.6 Å². The van der Waals surface area contributed by atoms with E-state index in [4.69, 9.17) is 0 Å². The lowest BCUT2D eigenvalue weighted by atomic mass is 10.1. The molecule has 1 aliphatic rings. The van der Waals surface area contributed by atoms with Crippen LogP contribution in [0.25, 0.3) is 0 Å². The molecule has 1 heterocycles. The molecule has 30 heavy (non-hydrogen) atoms. The van der Waals surface area contributed by atoms with Crippen LogP contribution in [0.1, 0.15) is 27.1 Å². The Balaban J connectivity index is 1.93. The van der Waals surface area contributed by atoms with E-state index in [2.05, 4.69) is 10.1 Å². The molecule has 8 nitrogen and oxygen atoms in total. The normalized spacial score (nSPS) is 18.0. The topological polar surface area (TPSA) is 124 Å². The maximum absolute atomic E-state index is 14.3. The summed E-state index contributed by atoms with van der Waals surface area (Å²) in [6, 6.07) is 8.59. The van der Waals surface area contributed by atoms with Crippen LogP contribution in [0.5, 0.6) is 0 Å². The average molecular weight is 455 g/mol. The summed E-state index contributed by atoms with van der Waals surface area (Å²) in [5.74, 6) is -3.41. The van der Waals surface area contributed by atoms with Gasteiger partial charge >= 0.3 is 5.97 Å². The number of carbonyl (C=O) groups is 2. The summed E-state index contributed by atoms with van der Waals surface area (Å²) >= 11 is 0. The fraction of sp³-hybridized carbons (Fsp3) is 0.263. The largest absolute Gasteiger partial charge is 0.465 e. The first kappa shape index (κ1) is 21.9. The van der Waals surface area contributed by atoms with Gasteiger partial charge in [-0.3, -0.25) is 4.79 Å². The van der Waals surface area contributed by atoms with Crippen LogP contribution in [0, 0.1) is 5.82 Å². The Morgan fingerprint density at radius 2 is 1.83 bits per heavy atom. The number of carbonyl (C=O) groups excluding carboxylic acids is 2. The third kappa shape index (κ3) is 4.36. The lowest BCUT2D eigenvalue weighted by Crippen LogP contribution is -2.23. The number of para-hydroxylation sites is 1. The van der Waals surface area contributed by atoms with Crippen molar-refractivity contribution in [1.29, 1.82) is 0 Å². The number of rotatable bonds is 5. The van der Waals surface area contributed by atoms with E-state index < -0.39 is 53.9 Å². The Labute approximate surface area is 172 Å². The van der Waals surface area contributed by atoms with Crippen molar-refractivity contribution in [1.82, 2.24) is 0 Å². The van der Waals surface area contributed by atoms with Crippen LogP contribution in [-0.2, 0) is 24.4 Å². The molecule has 0 radical (unpaired) electrons. The highest BCUT2D eigenvalue weighted by Gasteiger charge is 2.38. The number of nitrogens with one attached hydrogen (secondary N) is 1. The predicted octanol–water partition coefficient (Wildman–Crippen LogP) is 1.83. The summed E-state index contributed by atoms with van der Waals surface area (Å²) in [5.41, 5.74) is -0.464. The Morgan fingerprint density at radius 1 is 1.13 bits per heavy atom. The number of amides is 1. The standard InChI is InChI=1S/C19H18FNO7S2/c1-28-19(23)14-4-2-3-5-17(14)21-18(22)15-10-12(6-7-16(15)20)30(26,27)13-8-9-29(24,25)11-13/h2-7,10,13H,8-9,11H2,1H3,(H,21,22). The second-order valence-electron chi connectivity index (χ2n) is 6.70. The molecule has 1 atom stereocenters. The summed E-state index contributed by atoms with van der Waals surface area (Å²) in [5, 5.41) is 1.22. The maximum atomic E-state index is 14.3. The Kier molecular flexibility index (Phi) is 5.95. The smallest absolute Gasteiger partial charge is 0.339 e. The van der Waals surface area contributed by atoms with E-state index in [-0.39, 0.29) is 28.3 Å². The summed E-state index contributed by atoms with van der Waals surface area (Å²) in [6.07, 6.45) is -0.0594. The monoisotopic (exact) mass is 455 g/mol. The molecule has 160 valence electrons. The Hall–Kier alpha value is -2.79. The molecular weight excluding hydrogens is 437 g/mol. The number of hydrogen-bond acceptors (Lipinski definition) is 7. The van der Waals surface area contributed by atoms with Gasteiger partial charge in [0.25, 0.3) is 5.91 Å². The van der Waals surface area contributed by atoms with Crippen LogP contribution in [0.15, 0.2) is 47.4 Å². The van der Waals surface area contributed by atoms with Crippen molar-refractivity contribution in [3.8, 4) is 0 Å². The quantitative estimate of drug-likeness (QED) is 0.539. The number of anilines is 1. The molecule has 1 unspecified atom stereocenters.